The number of aryl methyl sites for hydroxylation is 2. The molecule has 6 heteroatoms. The molecule has 2 heterocycles. The standard InChI is InChI=1S/C19H27N3O3/c1-14-4-3-5-15(2)18(14)20-19(24)16-12-17(23)22(13-16)7-6-21-8-10-25-11-9-21/h3-5,16H,6-13H2,1-2H3,(H,20,24). The van der Waals surface area contributed by atoms with Gasteiger partial charge in [-0.05, 0) is 25.0 Å². The molecule has 25 heavy (non-hydrogen) atoms. The fourth-order valence-electron chi connectivity index (χ4n) is 3.49. The Hall–Kier alpha value is -1.92. The van der Waals surface area contributed by atoms with Crippen molar-refractivity contribution in [3.05, 3.63) is 29.3 Å². The van der Waals surface area contributed by atoms with Crippen molar-refractivity contribution in [3.8, 4) is 0 Å². The fourth-order valence-corrected chi connectivity index (χ4v) is 3.49. The molecule has 2 aliphatic heterocycles. The second-order valence-electron chi connectivity index (χ2n) is 6.95. The summed E-state index contributed by atoms with van der Waals surface area (Å²) < 4.78 is 5.34. The molecule has 0 aromatic heterocycles. The van der Waals surface area contributed by atoms with Gasteiger partial charge in [-0.15, -0.1) is 0 Å². The third kappa shape index (κ3) is 4.38. The van der Waals surface area contributed by atoms with Crippen molar-refractivity contribution in [2.45, 2.75) is 20.3 Å². The van der Waals surface area contributed by atoms with E-state index in [1.54, 1.807) is 0 Å². The molecule has 1 aromatic carbocycles. The van der Waals surface area contributed by atoms with Crippen LogP contribution >= 0.6 is 0 Å². The third-order valence-electron chi connectivity index (χ3n) is 5.10. The van der Waals surface area contributed by atoms with Crippen LogP contribution in [-0.4, -0.2) is 67.6 Å². The van der Waals surface area contributed by atoms with Gasteiger partial charge in [0.2, 0.25) is 11.8 Å². The Morgan fingerprint density at radius 3 is 2.56 bits per heavy atom. The van der Waals surface area contributed by atoms with Gasteiger partial charge < -0.3 is 15.0 Å². The lowest BCUT2D eigenvalue weighted by molar-refractivity contribution is -0.128. The molecule has 0 aliphatic carbocycles. The summed E-state index contributed by atoms with van der Waals surface area (Å²) in [7, 11) is 0. The van der Waals surface area contributed by atoms with E-state index in [-0.39, 0.29) is 17.7 Å². The number of benzene rings is 1. The number of rotatable bonds is 5. The highest BCUT2D eigenvalue weighted by Gasteiger charge is 2.34. The number of nitrogens with one attached hydrogen (secondary N) is 1. The Labute approximate surface area is 149 Å². The van der Waals surface area contributed by atoms with E-state index in [4.69, 9.17) is 4.74 Å². The SMILES string of the molecule is Cc1cccc(C)c1NC(=O)C1CC(=O)N(CCN2CCOCC2)C1. The van der Waals surface area contributed by atoms with E-state index in [9.17, 15) is 9.59 Å². The van der Waals surface area contributed by atoms with Crippen LogP contribution in [0.4, 0.5) is 5.69 Å². The lowest BCUT2D eigenvalue weighted by atomic mass is 10.1. The zero-order valence-electron chi connectivity index (χ0n) is 15.1. The maximum absolute atomic E-state index is 12.6. The molecule has 2 aliphatic rings. The second kappa shape index (κ2) is 7.97. The van der Waals surface area contributed by atoms with Crippen LogP contribution in [0.5, 0.6) is 0 Å². The van der Waals surface area contributed by atoms with Gasteiger partial charge in [-0.25, -0.2) is 0 Å². The molecule has 2 amide bonds. The average Bonchev–Trinajstić information content (AvgIpc) is 2.98. The molecule has 1 atom stereocenters. The van der Waals surface area contributed by atoms with E-state index in [2.05, 4.69) is 10.2 Å². The Morgan fingerprint density at radius 2 is 1.88 bits per heavy atom. The van der Waals surface area contributed by atoms with E-state index in [0.717, 1.165) is 49.7 Å². The van der Waals surface area contributed by atoms with E-state index in [0.29, 0.717) is 19.5 Å². The van der Waals surface area contributed by atoms with Gasteiger partial charge in [-0.2, -0.15) is 0 Å². The lowest BCUT2D eigenvalue weighted by Gasteiger charge is -2.28. The zero-order chi connectivity index (χ0) is 17.8. The number of hydrogen-bond donors (Lipinski definition) is 1. The average molecular weight is 345 g/mol. The van der Waals surface area contributed by atoms with Crippen molar-refractivity contribution in [1.82, 2.24) is 9.80 Å². The highest BCUT2D eigenvalue weighted by molar-refractivity contribution is 5.98. The van der Waals surface area contributed by atoms with Gasteiger partial charge in [0, 0.05) is 44.8 Å². The molecule has 2 fully saturated rings. The number of amides is 2. The van der Waals surface area contributed by atoms with Gasteiger partial charge in [0.15, 0.2) is 0 Å². The first-order valence-electron chi connectivity index (χ1n) is 8.99. The lowest BCUT2D eigenvalue weighted by Crippen LogP contribution is -2.42. The summed E-state index contributed by atoms with van der Waals surface area (Å²) >= 11 is 0. The summed E-state index contributed by atoms with van der Waals surface area (Å²) in [6.07, 6.45) is 0.305. The minimum atomic E-state index is -0.267. The Balaban J connectivity index is 1.53. The number of nitrogens with zero attached hydrogens (tertiary/aromatic N) is 2. The summed E-state index contributed by atoms with van der Waals surface area (Å²) in [5.41, 5.74) is 2.95. The first-order chi connectivity index (χ1) is 12.0. The molecule has 0 bridgehead atoms. The number of ether oxygens (including phenoxy) is 1. The van der Waals surface area contributed by atoms with Gasteiger partial charge >= 0.3 is 0 Å². The van der Waals surface area contributed by atoms with Crippen LogP contribution in [0, 0.1) is 19.8 Å². The summed E-state index contributed by atoms with van der Waals surface area (Å²) in [6.45, 7) is 9.36. The number of anilines is 1. The Bertz CT molecular complexity index is 621. The van der Waals surface area contributed by atoms with Crippen LogP contribution < -0.4 is 5.32 Å². The molecule has 1 unspecified atom stereocenters. The first-order valence-corrected chi connectivity index (χ1v) is 8.99. The Morgan fingerprint density at radius 1 is 1.20 bits per heavy atom. The van der Waals surface area contributed by atoms with Crippen LogP contribution in [0.3, 0.4) is 0 Å². The third-order valence-corrected chi connectivity index (χ3v) is 5.10. The van der Waals surface area contributed by atoms with E-state index >= 15 is 0 Å². The normalized spacial score (nSPS) is 21.6. The highest BCUT2D eigenvalue weighted by Crippen LogP contribution is 2.23. The molecular weight excluding hydrogens is 318 g/mol. The van der Waals surface area contributed by atoms with Crippen molar-refractivity contribution in [2.24, 2.45) is 5.92 Å². The predicted octanol–water partition coefficient (Wildman–Crippen LogP) is 1.42. The van der Waals surface area contributed by atoms with Crippen molar-refractivity contribution in [1.29, 1.82) is 0 Å². The van der Waals surface area contributed by atoms with Crippen molar-refractivity contribution in [3.63, 3.8) is 0 Å². The van der Waals surface area contributed by atoms with Crippen LogP contribution in [-0.2, 0) is 14.3 Å². The minimum absolute atomic E-state index is 0.0559. The maximum Gasteiger partial charge on any atom is 0.229 e. The number of carbonyl (C=O) groups excluding carboxylic acids is 2. The number of likely N-dealkylation sites (tertiary alicyclic amines) is 1. The minimum Gasteiger partial charge on any atom is -0.379 e. The van der Waals surface area contributed by atoms with Crippen LogP contribution in [0.25, 0.3) is 0 Å². The fraction of sp³-hybridized carbons (Fsp3) is 0.579. The monoisotopic (exact) mass is 345 g/mol. The van der Waals surface area contributed by atoms with Crippen LogP contribution in [0.15, 0.2) is 18.2 Å². The van der Waals surface area contributed by atoms with E-state index < -0.39 is 0 Å². The highest BCUT2D eigenvalue weighted by atomic mass is 16.5. The van der Waals surface area contributed by atoms with E-state index in [1.807, 2.05) is 36.9 Å². The molecule has 1 aromatic rings. The van der Waals surface area contributed by atoms with Gasteiger partial charge in [0.05, 0.1) is 19.1 Å². The van der Waals surface area contributed by atoms with Crippen LogP contribution in [0.2, 0.25) is 0 Å². The van der Waals surface area contributed by atoms with Gasteiger partial charge in [-0.1, -0.05) is 18.2 Å². The van der Waals surface area contributed by atoms with Crippen LogP contribution in [0.1, 0.15) is 17.5 Å². The number of hydrogen-bond acceptors (Lipinski definition) is 4. The summed E-state index contributed by atoms with van der Waals surface area (Å²) in [5.74, 6) is -0.245. The van der Waals surface area contributed by atoms with Crippen molar-refractivity contribution >= 4 is 17.5 Å². The maximum atomic E-state index is 12.6. The largest absolute Gasteiger partial charge is 0.379 e. The number of para-hydroxylation sites is 1. The molecule has 0 radical (unpaired) electrons. The molecule has 6 nitrogen and oxygen atoms in total. The Kier molecular flexibility index (Phi) is 5.71. The van der Waals surface area contributed by atoms with Crippen molar-refractivity contribution in [2.75, 3.05) is 51.3 Å². The second-order valence-corrected chi connectivity index (χ2v) is 6.95. The summed E-state index contributed by atoms with van der Waals surface area (Å²) in [6, 6.07) is 5.95. The molecule has 3 rings (SSSR count). The summed E-state index contributed by atoms with van der Waals surface area (Å²) in [4.78, 5) is 29.0. The van der Waals surface area contributed by atoms with Gasteiger partial charge in [-0.3, -0.25) is 14.5 Å². The molecule has 0 spiro atoms. The predicted molar refractivity (Wildman–Crippen MR) is 96.5 cm³/mol. The number of carbonyl (C=O) groups is 2. The quantitative estimate of drug-likeness (QED) is 0.877. The molecular formula is C19H27N3O3. The molecule has 2 saturated heterocycles. The smallest absolute Gasteiger partial charge is 0.229 e. The van der Waals surface area contributed by atoms with Gasteiger partial charge in [0.1, 0.15) is 0 Å². The zero-order valence-corrected chi connectivity index (χ0v) is 15.1. The molecule has 136 valence electrons. The first kappa shape index (κ1) is 17.9. The molecule has 1 N–H and O–H groups in total. The molecule has 0 saturated carbocycles. The topological polar surface area (TPSA) is 61.9 Å². The summed E-state index contributed by atoms with van der Waals surface area (Å²) in [5, 5.41) is 3.02. The number of morpholine rings is 1. The van der Waals surface area contributed by atoms with E-state index in [1.165, 1.54) is 0 Å². The van der Waals surface area contributed by atoms with Gasteiger partial charge in [0.25, 0.3) is 0 Å². The van der Waals surface area contributed by atoms with Crippen molar-refractivity contribution < 1.29 is 14.3 Å².